The number of hydrogen-bond donors (Lipinski definition) is 0. The van der Waals surface area contributed by atoms with Crippen LogP contribution in [0.5, 0.6) is 0 Å². The minimum atomic E-state index is -3.58. The molecule has 1 heterocycles. The van der Waals surface area contributed by atoms with Crippen molar-refractivity contribution in [1.29, 1.82) is 0 Å². The summed E-state index contributed by atoms with van der Waals surface area (Å²) in [7, 11) is -3.58. The first-order valence-corrected chi connectivity index (χ1v) is 11.3. The molecule has 0 aliphatic carbocycles. The zero-order chi connectivity index (χ0) is 23.1. The van der Waals surface area contributed by atoms with Gasteiger partial charge >= 0.3 is 5.97 Å². The first-order chi connectivity index (χ1) is 15.3. The molecule has 0 amide bonds. The van der Waals surface area contributed by atoms with Crippen LogP contribution in [-0.4, -0.2) is 62.3 Å². The molecule has 0 spiro atoms. The van der Waals surface area contributed by atoms with Crippen molar-refractivity contribution in [3.63, 3.8) is 0 Å². The van der Waals surface area contributed by atoms with E-state index in [2.05, 4.69) is 0 Å². The number of hydrogen-bond acceptors (Lipinski definition) is 8. The Kier molecular flexibility index (Phi) is 7.67. The quantitative estimate of drug-likeness (QED) is 0.239. The van der Waals surface area contributed by atoms with Gasteiger partial charge in [0.15, 0.2) is 6.61 Å². The highest BCUT2D eigenvalue weighted by Gasteiger charge is 2.26. The molecule has 2 aromatic rings. The number of ketones is 1. The number of nitro benzene ring substituents is 1. The fourth-order valence-electron chi connectivity index (χ4n) is 3.10. The molecule has 1 saturated heterocycles. The molecule has 1 fully saturated rings. The molecule has 11 heteroatoms. The number of nitrogens with zero attached hydrogens (tertiary/aromatic N) is 2. The second kappa shape index (κ2) is 10.4. The van der Waals surface area contributed by atoms with E-state index in [1.54, 1.807) is 12.1 Å². The molecule has 0 radical (unpaired) electrons. The van der Waals surface area contributed by atoms with Gasteiger partial charge in [0.05, 0.1) is 23.0 Å². The third-order valence-corrected chi connectivity index (χ3v) is 6.81. The van der Waals surface area contributed by atoms with E-state index in [1.165, 1.54) is 34.6 Å². The highest BCUT2D eigenvalue weighted by atomic mass is 32.2. The molecule has 32 heavy (non-hydrogen) atoms. The van der Waals surface area contributed by atoms with E-state index in [4.69, 9.17) is 9.47 Å². The van der Waals surface area contributed by atoms with E-state index in [-0.39, 0.29) is 22.6 Å². The largest absolute Gasteiger partial charge is 0.457 e. The zero-order valence-electron chi connectivity index (χ0n) is 17.1. The van der Waals surface area contributed by atoms with Crippen molar-refractivity contribution in [3.8, 4) is 0 Å². The van der Waals surface area contributed by atoms with Gasteiger partial charge in [-0.1, -0.05) is 24.3 Å². The van der Waals surface area contributed by atoms with Gasteiger partial charge in [0.25, 0.3) is 5.69 Å². The van der Waals surface area contributed by atoms with E-state index in [1.807, 2.05) is 0 Å². The lowest BCUT2D eigenvalue weighted by Crippen LogP contribution is -2.40. The Balaban J connectivity index is 1.49. The van der Waals surface area contributed by atoms with Crippen LogP contribution in [0.25, 0.3) is 0 Å². The lowest BCUT2D eigenvalue weighted by atomic mass is 10.1. The predicted molar refractivity (Wildman–Crippen MR) is 113 cm³/mol. The number of aryl methyl sites for hydroxylation is 1. The van der Waals surface area contributed by atoms with Gasteiger partial charge in [0.1, 0.15) is 0 Å². The number of nitro groups is 1. The number of morpholine rings is 1. The number of benzene rings is 2. The standard InChI is InChI=1S/C21H22N2O8S/c24-20(17-2-1-3-18(14-17)23(26)27)15-31-21(25)9-6-16-4-7-19(8-5-16)32(28,29)22-10-12-30-13-11-22/h1-5,7-8,14H,6,9-13,15H2. The van der Waals surface area contributed by atoms with E-state index >= 15 is 0 Å². The smallest absolute Gasteiger partial charge is 0.306 e. The Morgan fingerprint density at radius 3 is 2.44 bits per heavy atom. The van der Waals surface area contributed by atoms with Gasteiger partial charge in [-0.3, -0.25) is 19.7 Å². The van der Waals surface area contributed by atoms with E-state index in [0.717, 1.165) is 11.6 Å². The first-order valence-electron chi connectivity index (χ1n) is 9.87. The van der Waals surface area contributed by atoms with Crippen LogP contribution in [0.1, 0.15) is 22.3 Å². The Labute approximate surface area is 184 Å². The fraction of sp³-hybridized carbons (Fsp3) is 0.333. The molecule has 0 N–H and O–H groups in total. The van der Waals surface area contributed by atoms with Crippen LogP contribution in [0.3, 0.4) is 0 Å². The van der Waals surface area contributed by atoms with E-state index < -0.39 is 33.3 Å². The van der Waals surface area contributed by atoms with Gasteiger partial charge in [-0.05, 0) is 24.1 Å². The summed E-state index contributed by atoms with van der Waals surface area (Å²) in [5, 5.41) is 10.8. The number of Topliss-reactive ketones (excluding diaryl/α,β-unsaturated/α-hetero) is 1. The number of esters is 1. The van der Waals surface area contributed by atoms with E-state index in [9.17, 15) is 28.1 Å². The summed E-state index contributed by atoms with van der Waals surface area (Å²) < 4.78 is 36.8. The monoisotopic (exact) mass is 462 g/mol. The molecule has 0 saturated carbocycles. The van der Waals surface area contributed by atoms with Crippen molar-refractivity contribution >= 4 is 27.5 Å². The average Bonchev–Trinajstić information content (AvgIpc) is 2.82. The van der Waals surface area contributed by atoms with Crippen LogP contribution < -0.4 is 0 Å². The second-order valence-electron chi connectivity index (χ2n) is 7.05. The lowest BCUT2D eigenvalue weighted by Gasteiger charge is -2.26. The summed E-state index contributed by atoms with van der Waals surface area (Å²) >= 11 is 0. The van der Waals surface area contributed by atoms with Crippen molar-refractivity contribution in [1.82, 2.24) is 4.31 Å². The van der Waals surface area contributed by atoms with Gasteiger partial charge in [-0.25, -0.2) is 8.42 Å². The molecule has 3 rings (SSSR count). The normalized spacial score (nSPS) is 14.6. The van der Waals surface area contributed by atoms with Crippen LogP contribution in [0, 0.1) is 10.1 Å². The predicted octanol–water partition coefficient (Wildman–Crippen LogP) is 1.97. The Morgan fingerprint density at radius 2 is 1.78 bits per heavy atom. The maximum absolute atomic E-state index is 12.6. The molecule has 0 bridgehead atoms. The van der Waals surface area contributed by atoms with Crippen LogP contribution in [0.4, 0.5) is 5.69 Å². The average molecular weight is 462 g/mol. The molecule has 10 nitrogen and oxygen atoms in total. The summed E-state index contributed by atoms with van der Waals surface area (Å²) in [6, 6.07) is 11.5. The molecule has 170 valence electrons. The summed E-state index contributed by atoms with van der Waals surface area (Å²) in [4.78, 5) is 34.4. The second-order valence-corrected chi connectivity index (χ2v) is 8.99. The SMILES string of the molecule is O=C(CCc1ccc(S(=O)(=O)N2CCOCC2)cc1)OCC(=O)c1cccc([N+](=O)[O-])c1. The van der Waals surface area contributed by atoms with Gasteiger partial charge in [0.2, 0.25) is 15.8 Å². The molecular weight excluding hydrogens is 440 g/mol. The maximum atomic E-state index is 12.6. The number of ether oxygens (including phenoxy) is 2. The minimum Gasteiger partial charge on any atom is -0.457 e. The summed E-state index contributed by atoms with van der Waals surface area (Å²) in [6.45, 7) is 0.832. The first kappa shape index (κ1) is 23.5. The maximum Gasteiger partial charge on any atom is 0.306 e. The Hall–Kier alpha value is -3.15. The lowest BCUT2D eigenvalue weighted by molar-refractivity contribution is -0.384. The van der Waals surface area contributed by atoms with Crippen molar-refractivity contribution in [2.75, 3.05) is 32.9 Å². The molecule has 1 aliphatic rings. The van der Waals surface area contributed by atoms with Gasteiger partial charge in [-0.2, -0.15) is 4.31 Å². The van der Waals surface area contributed by atoms with Crippen LogP contribution in [0.15, 0.2) is 53.4 Å². The summed E-state index contributed by atoms with van der Waals surface area (Å²) in [6.07, 6.45) is 0.305. The number of non-ortho nitro benzene ring substituents is 1. The number of rotatable bonds is 9. The molecule has 0 aromatic heterocycles. The third-order valence-electron chi connectivity index (χ3n) is 4.89. The highest BCUT2D eigenvalue weighted by Crippen LogP contribution is 2.18. The molecule has 2 aromatic carbocycles. The van der Waals surface area contributed by atoms with Crippen molar-refractivity contribution in [3.05, 3.63) is 69.8 Å². The van der Waals surface area contributed by atoms with Crippen molar-refractivity contribution < 1.29 is 32.4 Å². The van der Waals surface area contributed by atoms with Crippen LogP contribution in [0.2, 0.25) is 0 Å². The van der Waals surface area contributed by atoms with Crippen molar-refractivity contribution in [2.24, 2.45) is 0 Å². The molecule has 0 unspecified atom stereocenters. The van der Waals surface area contributed by atoms with Crippen LogP contribution >= 0.6 is 0 Å². The van der Waals surface area contributed by atoms with Gasteiger partial charge in [-0.15, -0.1) is 0 Å². The summed E-state index contributed by atoms with van der Waals surface area (Å²) in [5.41, 5.74) is 0.609. The third kappa shape index (κ3) is 5.96. The van der Waals surface area contributed by atoms with Crippen LogP contribution in [-0.2, 0) is 30.7 Å². The topological polar surface area (TPSA) is 133 Å². The molecule has 1 aliphatic heterocycles. The Morgan fingerprint density at radius 1 is 1.09 bits per heavy atom. The molecule has 0 atom stereocenters. The zero-order valence-corrected chi connectivity index (χ0v) is 18.0. The van der Waals surface area contributed by atoms with Gasteiger partial charge in [0, 0.05) is 37.2 Å². The molecular formula is C21H22N2O8S. The van der Waals surface area contributed by atoms with E-state index in [0.29, 0.717) is 32.7 Å². The minimum absolute atomic E-state index is 0.00220. The van der Waals surface area contributed by atoms with Crippen molar-refractivity contribution in [2.45, 2.75) is 17.7 Å². The van der Waals surface area contributed by atoms with Gasteiger partial charge < -0.3 is 9.47 Å². The number of carbonyl (C=O) groups excluding carboxylic acids is 2. The summed E-state index contributed by atoms with van der Waals surface area (Å²) in [5.74, 6) is -1.14. The fourth-order valence-corrected chi connectivity index (χ4v) is 4.51. The highest BCUT2D eigenvalue weighted by molar-refractivity contribution is 7.89. The number of carbonyl (C=O) groups is 2. The number of sulfonamides is 1. The Bertz CT molecular complexity index is 1090.